The third-order valence-electron chi connectivity index (χ3n) is 6.50. The molecular weight excluding hydrogens is 393 g/mol. The first kappa shape index (κ1) is 21.5. The number of halogens is 1. The predicted molar refractivity (Wildman–Crippen MR) is 119 cm³/mol. The number of amides is 2. The second-order valence-electron chi connectivity index (χ2n) is 8.68. The second-order valence-corrected chi connectivity index (χ2v) is 8.68. The Balaban J connectivity index is 1.43. The maximum atomic E-state index is 13.6. The molecule has 164 valence electrons. The number of aryl methyl sites for hydroxylation is 1. The van der Waals surface area contributed by atoms with Crippen LogP contribution in [0.3, 0.4) is 0 Å². The summed E-state index contributed by atoms with van der Waals surface area (Å²) < 4.78 is 13.6. The van der Waals surface area contributed by atoms with Crippen molar-refractivity contribution >= 4 is 17.5 Å². The number of carbonyl (C=O) groups excluding carboxylic acids is 2. The minimum atomic E-state index is -0.363. The first-order chi connectivity index (χ1) is 15.0. The van der Waals surface area contributed by atoms with Gasteiger partial charge in [-0.1, -0.05) is 36.6 Å². The van der Waals surface area contributed by atoms with Gasteiger partial charge in [0.1, 0.15) is 5.82 Å². The van der Waals surface area contributed by atoms with Crippen LogP contribution < -0.4 is 5.32 Å². The molecule has 2 amide bonds. The van der Waals surface area contributed by atoms with Gasteiger partial charge in [0.15, 0.2) is 0 Å². The van der Waals surface area contributed by atoms with Crippen LogP contribution in [0.2, 0.25) is 0 Å². The summed E-state index contributed by atoms with van der Waals surface area (Å²) in [6, 6.07) is 13.4. The number of piperazine rings is 1. The highest BCUT2D eigenvalue weighted by Crippen LogP contribution is 2.32. The fourth-order valence-corrected chi connectivity index (χ4v) is 4.82. The van der Waals surface area contributed by atoms with Gasteiger partial charge in [-0.2, -0.15) is 0 Å². The van der Waals surface area contributed by atoms with Gasteiger partial charge in [0.25, 0.3) is 5.91 Å². The molecule has 31 heavy (non-hydrogen) atoms. The molecule has 0 spiro atoms. The number of carbonyl (C=O) groups is 2. The average molecular weight is 424 g/mol. The Morgan fingerprint density at radius 1 is 1.00 bits per heavy atom. The van der Waals surface area contributed by atoms with Crippen LogP contribution in [0.15, 0.2) is 48.5 Å². The van der Waals surface area contributed by atoms with E-state index >= 15 is 0 Å². The Bertz CT molecular complexity index is 917. The molecule has 2 aliphatic rings. The van der Waals surface area contributed by atoms with Crippen molar-refractivity contribution in [3.8, 4) is 0 Å². The Labute approximate surface area is 183 Å². The number of anilines is 1. The summed E-state index contributed by atoms with van der Waals surface area (Å²) >= 11 is 0. The molecule has 0 radical (unpaired) electrons. The number of hydrogen-bond donors (Lipinski definition) is 1. The van der Waals surface area contributed by atoms with Crippen molar-refractivity contribution in [2.45, 2.75) is 38.6 Å². The summed E-state index contributed by atoms with van der Waals surface area (Å²) in [5.41, 5.74) is 2.32. The Morgan fingerprint density at radius 3 is 2.32 bits per heavy atom. The highest BCUT2D eigenvalue weighted by molar-refractivity contribution is 5.95. The van der Waals surface area contributed by atoms with Crippen molar-refractivity contribution in [1.29, 1.82) is 0 Å². The molecule has 1 saturated heterocycles. The SMILES string of the molecule is Cc1ccc(C(=O)N2CCN(C(C(=O)Nc3cccc(F)c3)C3CCCC3)CC2)cc1. The van der Waals surface area contributed by atoms with Crippen LogP contribution in [0.25, 0.3) is 0 Å². The molecule has 2 aromatic rings. The van der Waals surface area contributed by atoms with E-state index in [2.05, 4.69) is 10.2 Å². The van der Waals surface area contributed by atoms with Crippen LogP contribution in [0.1, 0.15) is 41.6 Å². The molecule has 0 bridgehead atoms. The standard InChI is InChI=1S/C25H30FN3O2/c1-18-9-11-20(12-10-18)25(31)29-15-13-28(14-16-29)23(19-5-2-3-6-19)24(30)27-22-8-4-7-21(26)17-22/h4,7-12,17,19,23H,2-3,5-6,13-16H2,1H3,(H,27,30). The highest BCUT2D eigenvalue weighted by Gasteiger charge is 2.37. The van der Waals surface area contributed by atoms with Crippen molar-refractivity contribution in [2.75, 3.05) is 31.5 Å². The van der Waals surface area contributed by atoms with Crippen LogP contribution in [0, 0.1) is 18.7 Å². The lowest BCUT2D eigenvalue weighted by Crippen LogP contribution is -2.56. The van der Waals surface area contributed by atoms with Gasteiger partial charge in [-0.15, -0.1) is 0 Å². The van der Waals surface area contributed by atoms with Gasteiger partial charge in [0, 0.05) is 37.4 Å². The summed E-state index contributed by atoms with van der Waals surface area (Å²) in [6.45, 7) is 4.53. The van der Waals surface area contributed by atoms with Gasteiger partial charge in [-0.05, 0) is 56.0 Å². The third-order valence-corrected chi connectivity index (χ3v) is 6.50. The molecule has 1 aliphatic heterocycles. The molecule has 1 N–H and O–H groups in total. The number of hydrogen-bond acceptors (Lipinski definition) is 3. The van der Waals surface area contributed by atoms with E-state index in [1.54, 1.807) is 12.1 Å². The number of benzene rings is 2. The second kappa shape index (κ2) is 9.60. The molecule has 1 unspecified atom stereocenters. The van der Waals surface area contributed by atoms with E-state index in [4.69, 9.17) is 0 Å². The van der Waals surface area contributed by atoms with Gasteiger partial charge in [-0.3, -0.25) is 14.5 Å². The van der Waals surface area contributed by atoms with Crippen molar-refractivity contribution in [3.63, 3.8) is 0 Å². The van der Waals surface area contributed by atoms with E-state index in [1.165, 1.54) is 12.1 Å². The van der Waals surface area contributed by atoms with Crippen LogP contribution in [-0.2, 0) is 4.79 Å². The molecule has 2 fully saturated rings. The monoisotopic (exact) mass is 423 g/mol. The molecule has 4 rings (SSSR count). The number of rotatable bonds is 5. The van der Waals surface area contributed by atoms with E-state index in [0.717, 1.165) is 31.2 Å². The summed E-state index contributed by atoms with van der Waals surface area (Å²) in [4.78, 5) is 30.2. The summed E-state index contributed by atoms with van der Waals surface area (Å²) in [7, 11) is 0. The van der Waals surface area contributed by atoms with Gasteiger partial charge >= 0.3 is 0 Å². The maximum Gasteiger partial charge on any atom is 0.253 e. The quantitative estimate of drug-likeness (QED) is 0.788. The zero-order valence-corrected chi connectivity index (χ0v) is 18.0. The Morgan fingerprint density at radius 2 is 1.68 bits per heavy atom. The van der Waals surface area contributed by atoms with E-state index in [-0.39, 0.29) is 23.7 Å². The van der Waals surface area contributed by atoms with Crippen molar-refractivity contribution in [3.05, 3.63) is 65.5 Å². The summed E-state index contributed by atoms with van der Waals surface area (Å²) in [5.74, 6) is -0.0940. The van der Waals surface area contributed by atoms with Gasteiger partial charge in [-0.25, -0.2) is 4.39 Å². The lowest BCUT2D eigenvalue weighted by atomic mass is 9.94. The van der Waals surface area contributed by atoms with Gasteiger partial charge in [0.05, 0.1) is 6.04 Å². The van der Waals surface area contributed by atoms with Gasteiger partial charge < -0.3 is 10.2 Å². The van der Waals surface area contributed by atoms with E-state index in [1.807, 2.05) is 36.1 Å². The van der Waals surface area contributed by atoms with Crippen molar-refractivity contribution in [2.24, 2.45) is 5.92 Å². The summed E-state index contributed by atoms with van der Waals surface area (Å²) in [5, 5.41) is 2.92. The first-order valence-electron chi connectivity index (χ1n) is 11.2. The topological polar surface area (TPSA) is 52.7 Å². The van der Waals surface area contributed by atoms with Crippen LogP contribution >= 0.6 is 0 Å². The van der Waals surface area contributed by atoms with Crippen molar-refractivity contribution < 1.29 is 14.0 Å². The van der Waals surface area contributed by atoms with Crippen LogP contribution in [-0.4, -0.2) is 53.8 Å². The smallest absolute Gasteiger partial charge is 0.253 e. The maximum absolute atomic E-state index is 13.6. The lowest BCUT2D eigenvalue weighted by Gasteiger charge is -2.40. The molecule has 1 atom stereocenters. The number of nitrogens with zero attached hydrogens (tertiary/aromatic N) is 2. The molecular formula is C25H30FN3O2. The molecule has 1 aliphatic carbocycles. The number of nitrogens with one attached hydrogen (secondary N) is 1. The van der Waals surface area contributed by atoms with E-state index in [9.17, 15) is 14.0 Å². The van der Waals surface area contributed by atoms with E-state index in [0.29, 0.717) is 43.3 Å². The highest BCUT2D eigenvalue weighted by atomic mass is 19.1. The molecule has 5 nitrogen and oxygen atoms in total. The fourth-order valence-electron chi connectivity index (χ4n) is 4.82. The van der Waals surface area contributed by atoms with Crippen LogP contribution in [0.5, 0.6) is 0 Å². The van der Waals surface area contributed by atoms with E-state index < -0.39 is 0 Å². The largest absolute Gasteiger partial charge is 0.336 e. The zero-order valence-electron chi connectivity index (χ0n) is 18.0. The first-order valence-corrected chi connectivity index (χ1v) is 11.2. The Kier molecular flexibility index (Phi) is 6.66. The molecule has 1 saturated carbocycles. The molecule has 2 aromatic carbocycles. The Hall–Kier alpha value is -2.73. The molecule has 1 heterocycles. The average Bonchev–Trinajstić information content (AvgIpc) is 3.29. The van der Waals surface area contributed by atoms with Crippen LogP contribution in [0.4, 0.5) is 10.1 Å². The lowest BCUT2D eigenvalue weighted by molar-refractivity contribution is -0.123. The third kappa shape index (κ3) is 5.13. The zero-order chi connectivity index (χ0) is 21.8. The van der Waals surface area contributed by atoms with Crippen molar-refractivity contribution in [1.82, 2.24) is 9.80 Å². The normalized spacial score (nSPS) is 18.7. The predicted octanol–water partition coefficient (Wildman–Crippen LogP) is 4.09. The molecule has 6 heteroatoms. The van der Waals surface area contributed by atoms with Gasteiger partial charge in [0.2, 0.25) is 5.91 Å². The molecule has 0 aromatic heterocycles. The fraction of sp³-hybridized carbons (Fsp3) is 0.440. The minimum absolute atomic E-state index is 0.0429. The minimum Gasteiger partial charge on any atom is -0.336 e. The summed E-state index contributed by atoms with van der Waals surface area (Å²) in [6.07, 6.45) is 4.34.